The Kier molecular flexibility index (Phi) is 5.02. The minimum Gasteiger partial charge on any atom is -0.407 e. The largest absolute Gasteiger partial charge is 0.407 e. The molecule has 2 rings (SSSR count). The standard InChI is InChI=1S/C15H28N4O/c1-11-6-5-7-12(9-8-11)17-14-19-18-13(20-14)10-16-15(2,3)4/h11-12,16H,5-10H2,1-4H3,(H,17,19). The molecule has 0 radical (unpaired) electrons. The van der Waals surface area contributed by atoms with Gasteiger partial charge in [-0.25, -0.2) is 0 Å². The summed E-state index contributed by atoms with van der Waals surface area (Å²) in [7, 11) is 0. The molecule has 114 valence electrons. The van der Waals surface area contributed by atoms with E-state index in [2.05, 4.69) is 48.5 Å². The number of rotatable bonds is 4. The first-order chi connectivity index (χ1) is 9.42. The first-order valence-electron chi connectivity index (χ1n) is 7.76. The Morgan fingerprint density at radius 1 is 1.15 bits per heavy atom. The van der Waals surface area contributed by atoms with Gasteiger partial charge in [-0.2, -0.15) is 0 Å². The summed E-state index contributed by atoms with van der Waals surface area (Å²) in [6.07, 6.45) is 6.29. The van der Waals surface area contributed by atoms with Gasteiger partial charge < -0.3 is 15.1 Å². The highest BCUT2D eigenvalue weighted by Gasteiger charge is 2.18. The van der Waals surface area contributed by atoms with Gasteiger partial charge in [0, 0.05) is 11.6 Å². The summed E-state index contributed by atoms with van der Waals surface area (Å²) in [6.45, 7) is 9.31. The summed E-state index contributed by atoms with van der Waals surface area (Å²) in [6, 6.07) is 1.04. The van der Waals surface area contributed by atoms with Crippen LogP contribution in [0.25, 0.3) is 0 Å². The maximum Gasteiger partial charge on any atom is 0.315 e. The van der Waals surface area contributed by atoms with Crippen LogP contribution in [0.5, 0.6) is 0 Å². The Hall–Kier alpha value is -1.10. The molecule has 1 aromatic rings. The zero-order valence-corrected chi connectivity index (χ0v) is 13.2. The van der Waals surface area contributed by atoms with Crippen molar-refractivity contribution in [2.75, 3.05) is 5.32 Å². The predicted octanol–water partition coefficient (Wildman–Crippen LogP) is 3.34. The third-order valence-electron chi connectivity index (χ3n) is 3.82. The lowest BCUT2D eigenvalue weighted by molar-refractivity contribution is 0.382. The summed E-state index contributed by atoms with van der Waals surface area (Å²) in [5.74, 6) is 1.49. The summed E-state index contributed by atoms with van der Waals surface area (Å²) >= 11 is 0. The maximum atomic E-state index is 5.65. The second-order valence-electron chi connectivity index (χ2n) is 7.06. The van der Waals surface area contributed by atoms with E-state index in [-0.39, 0.29) is 5.54 Å². The Labute approximate surface area is 121 Å². The molecule has 5 nitrogen and oxygen atoms in total. The molecule has 2 N–H and O–H groups in total. The highest BCUT2D eigenvalue weighted by atomic mass is 16.4. The zero-order valence-electron chi connectivity index (χ0n) is 13.2. The van der Waals surface area contributed by atoms with Crippen LogP contribution in [0.15, 0.2) is 4.42 Å². The number of nitrogens with one attached hydrogen (secondary N) is 2. The molecule has 1 saturated carbocycles. The van der Waals surface area contributed by atoms with Crippen LogP contribution in [-0.2, 0) is 6.54 Å². The molecule has 2 atom stereocenters. The summed E-state index contributed by atoms with van der Waals surface area (Å²) in [4.78, 5) is 0. The van der Waals surface area contributed by atoms with Gasteiger partial charge in [0.25, 0.3) is 0 Å². The second kappa shape index (κ2) is 6.57. The first kappa shape index (κ1) is 15.3. The Bertz CT molecular complexity index is 410. The molecule has 20 heavy (non-hydrogen) atoms. The van der Waals surface area contributed by atoms with Crippen LogP contribution < -0.4 is 10.6 Å². The van der Waals surface area contributed by atoms with Crippen LogP contribution in [0.4, 0.5) is 6.01 Å². The summed E-state index contributed by atoms with van der Waals surface area (Å²) in [5, 5.41) is 14.9. The first-order valence-corrected chi connectivity index (χ1v) is 7.76. The van der Waals surface area contributed by atoms with Crippen molar-refractivity contribution in [1.82, 2.24) is 15.5 Å². The fraction of sp³-hybridized carbons (Fsp3) is 0.867. The van der Waals surface area contributed by atoms with Crippen LogP contribution in [0.2, 0.25) is 0 Å². The zero-order chi connectivity index (χ0) is 14.6. The SMILES string of the molecule is CC1CCCC(Nc2nnc(CNC(C)(C)C)o2)CC1. The number of hydrogen-bond acceptors (Lipinski definition) is 5. The van der Waals surface area contributed by atoms with Crippen molar-refractivity contribution in [3.05, 3.63) is 5.89 Å². The number of anilines is 1. The second-order valence-corrected chi connectivity index (χ2v) is 7.06. The predicted molar refractivity (Wildman–Crippen MR) is 80.6 cm³/mol. The summed E-state index contributed by atoms with van der Waals surface area (Å²) in [5.41, 5.74) is 0.0550. The van der Waals surface area contributed by atoms with E-state index < -0.39 is 0 Å². The highest BCUT2D eigenvalue weighted by Crippen LogP contribution is 2.24. The molecule has 1 aliphatic carbocycles. The summed E-state index contributed by atoms with van der Waals surface area (Å²) < 4.78 is 5.65. The van der Waals surface area contributed by atoms with Crippen LogP contribution >= 0.6 is 0 Å². The van der Waals surface area contributed by atoms with Crippen molar-refractivity contribution < 1.29 is 4.42 Å². The van der Waals surface area contributed by atoms with E-state index in [0.717, 1.165) is 5.92 Å². The number of hydrogen-bond donors (Lipinski definition) is 2. The van der Waals surface area contributed by atoms with Crippen molar-refractivity contribution in [3.63, 3.8) is 0 Å². The molecule has 1 heterocycles. The van der Waals surface area contributed by atoms with Gasteiger partial charge in [0.15, 0.2) is 0 Å². The van der Waals surface area contributed by atoms with Crippen LogP contribution in [0.3, 0.4) is 0 Å². The van der Waals surface area contributed by atoms with Gasteiger partial charge in [-0.05, 0) is 46.0 Å². The lowest BCUT2D eigenvalue weighted by Gasteiger charge is -2.18. The molecular formula is C15H28N4O. The highest BCUT2D eigenvalue weighted by molar-refractivity contribution is 5.19. The minimum atomic E-state index is 0.0550. The van der Waals surface area contributed by atoms with Crippen molar-refractivity contribution in [2.45, 2.75) is 77.9 Å². The van der Waals surface area contributed by atoms with Crippen LogP contribution in [-0.4, -0.2) is 21.8 Å². The molecule has 0 aromatic carbocycles. The van der Waals surface area contributed by atoms with E-state index in [1.165, 1.54) is 32.1 Å². The van der Waals surface area contributed by atoms with Gasteiger partial charge in [-0.3, -0.25) is 0 Å². The lowest BCUT2D eigenvalue weighted by atomic mass is 10.0. The molecule has 5 heteroatoms. The van der Waals surface area contributed by atoms with Crippen molar-refractivity contribution in [1.29, 1.82) is 0 Å². The molecule has 1 aliphatic rings. The van der Waals surface area contributed by atoms with Gasteiger partial charge >= 0.3 is 6.01 Å². The Balaban J connectivity index is 1.83. The number of aromatic nitrogens is 2. The Morgan fingerprint density at radius 3 is 2.70 bits per heavy atom. The average Bonchev–Trinajstić information content (AvgIpc) is 2.70. The van der Waals surface area contributed by atoms with Gasteiger partial charge in [0.1, 0.15) is 0 Å². The van der Waals surface area contributed by atoms with Gasteiger partial charge in [-0.1, -0.05) is 24.9 Å². The van der Waals surface area contributed by atoms with Gasteiger partial charge in [0.2, 0.25) is 5.89 Å². The van der Waals surface area contributed by atoms with Crippen LogP contribution in [0.1, 0.15) is 65.7 Å². The van der Waals surface area contributed by atoms with Gasteiger partial charge in [-0.15, -0.1) is 5.10 Å². The van der Waals surface area contributed by atoms with E-state index >= 15 is 0 Å². The topological polar surface area (TPSA) is 63.0 Å². The molecule has 1 aromatic heterocycles. The minimum absolute atomic E-state index is 0.0550. The van der Waals surface area contributed by atoms with E-state index in [1.54, 1.807) is 0 Å². The molecule has 0 bridgehead atoms. The van der Waals surface area contributed by atoms with Gasteiger partial charge in [0.05, 0.1) is 6.54 Å². The molecule has 0 spiro atoms. The van der Waals surface area contributed by atoms with Crippen molar-refractivity contribution in [3.8, 4) is 0 Å². The normalized spacial score (nSPS) is 24.4. The lowest BCUT2D eigenvalue weighted by Crippen LogP contribution is -2.35. The fourth-order valence-electron chi connectivity index (χ4n) is 2.53. The molecule has 1 fully saturated rings. The monoisotopic (exact) mass is 280 g/mol. The molecule has 0 aliphatic heterocycles. The molecule has 0 amide bonds. The van der Waals surface area contributed by atoms with Crippen LogP contribution in [0, 0.1) is 5.92 Å². The third-order valence-corrected chi connectivity index (χ3v) is 3.82. The smallest absolute Gasteiger partial charge is 0.315 e. The average molecular weight is 280 g/mol. The molecule has 2 unspecified atom stereocenters. The van der Waals surface area contributed by atoms with Crippen molar-refractivity contribution >= 4 is 6.01 Å². The van der Waals surface area contributed by atoms with E-state index in [1.807, 2.05) is 0 Å². The molecule has 0 saturated heterocycles. The Morgan fingerprint density at radius 2 is 1.95 bits per heavy atom. The number of nitrogens with zero attached hydrogens (tertiary/aromatic N) is 2. The fourth-order valence-corrected chi connectivity index (χ4v) is 2.53. The van der Waals surface area contributed by atoms with Crippen molar-refractivity contribution in [2.24, 2.45) is 5.92 Å². The van der Waals surface area contributed by atoms with E-state index in [4.69, 9.17) is 4.42 Å². The molecular weight excluding hydrogens is 252 g/mol. The van der Waals surface area contributed by atoms with E-state index in [9.17, 15) is 0 Å². The third kappa shape index (κ3) is 5.12. The maximum absolute atomic E-state index is 5.65. The van der Waals surface area contributed by atoms with E-state index in [0.29, 0.717) is 24.5 Å². The quantitative estimate of drug-likeness (QED) is 0.828.